The molecule has 0 spiro atoms. The van der Waals surface area contributed by atoms with E-state index in [1.165, 1.54) is 42.0 Å². The minimum atomic E-state index is 0.685. The minimum Gasteiger partial charge on any atom is -0.383 e. The molecule has 2 unspecified atom stereocenters. The Morgan fingerprint density at radius 1 is 1.47 bits per heavy atom. The fraction of sp³-hybridized carbons (Fsp3) is 0.750. The van der Waals surface area contributed by atoms with Crippen LogP contribution in [-0.2, 0) is 0 Å². The van der Waals surface area contributed by atoms with Crippen molar-refractivity contribution >= 4 is 17.2 Å². The lowest BCUT2D eigenvalue weighted by Gasteiger charge is -2.26. The van der Waals surface area contributed by atoms with Gasteiger partial charge in [-0.2, -0.15) is 0 Å². The zero-order valence-corrected chi connectivity index (χ0v) is 10.4. The standard InChI is InChI=1S/C12H20N2S/c1-3-9-5-4-6-10(7-9)12-14-11(13)8(2)15-12/h9-10H,3-7,13H2,1-2H3. The molecule has 3 heteroatoms. The molecule has 2 nitrogen and oxygen atoms in total. The lowest BCUT2D eigenvalue weighted by Crippen LogP contribution is -2.13. The number of hydrogen-bond acceptors (Lipinski definition) is 3. The summed E-state index contributed by atoms with van der Waals surface area (Å²) in [5.74, 6) is 2.34. The van der Waals surface area contributed by atoms with E-state index in [-0.39, 0.29) is 0 Å². The van der Waals surface area contributed by atoms with E-state index in [4.69, 9.17) is 5.73 Å². The van der Waals surface area contributed by atoms with Crippen molar-refractivity contribution in [2.24, 2.45) is 5.92 Å². The van der Waals surface area contributed by atoms with Gasteiger partial charge < -0.3 is 5.73 Å². The molecule has 84 valence electrons. The van der Waals surface area contributed by atoms with Crippen LogP contribution in [0.4, 0.5) is 5.82 Å². The van der Waals surface area contributed by atoms with Crippen LogP contribution in [0, 0.1) is 12.8 Å². The molecule has 1 aliphatic rings. The maximum absolute atomic E-state index is 5.81. The van der Waals surface area contributed by atoms with Crippen LogP contribution in [0.3, 0.4) is 0 Å². The molecule has 2 rings (SSSR count). The number of nitrogens with two attached hydrogens (primary N) is 1. The molecule has 2 atom stereocenters. The Balaban J connectivity index is 2.09. The molecule has 1 aromatic rings. The van der Waals surface area contributed by atoms with Gasteiger partial charge in [0.05, 0.1) is 5.01 Å². The van der Waals surface area contributed by atoms with E-state index < -0.39 is 0 Å². The van der Waals surface area contributed by atoms with Crippen molar-refractivity contribution in [2.45, 2.75) is 51.9 Å². The summed E-state index contributed by atoms with van der Waals surface area (Å²) in [6.45, 7) is 4.37. The van der Waals surface area contributed by atoms with Crippen molar-refractivity contribution in [3.05, 3.63) is 9.88 Å². The second-order valence-electron chi connectivity index (χ2n) is 4.63. The van der Waals surface area contributed by atoms with Crippen molar-refractivity contribution in [1.29, 1.82) is 0 Å². The first-order chi connectivity index (χ1) is 7.20. The molecule has 0 aliphatic heterocycles. The number of anilines is 1. The first-order valence-corrected chi connectivity index (χ1v) is 6.75. The summed E-state index contributed by atoms with van der Waals surface area (Å²) in [5.41, 5.74) is 5.81. The molecule has 0 aromatic carbocycles. The van der Waals surface area contributed by atoms with E-state index in [1.54, 1.807) is 11.3 Å². The van der Waals surface area contributed by atoms with Gasteiger partial charge in [-0.25, -0.2) is 4.98 Å². The summed E-state index contributed by atoms with van der Waals surface area (Å²) in [5, 5.41) is 1.28. The molecule has 0 bridgehead atoms. The van der Waals surface area contributed by atoms with E-state index >= 15 is 0 Å². The average molecular weight is 224 g/mol. The van der Waals surface area contributed by atoms with Gasteiger partial charge in [0.15, 0.2) is 0 Å². The number of hydrogen-bond donors (Lipinski definition) is 1. The zero-order valence-electron chi connectivity index (χ0n) is 9.62. The van der Waals surface area contributed by atoms with Gasteiger partial charge in [0.2, 0.25) is 0 Å². The first kappa shape index (κ1) is 10.9. The molecule has 1 aromatic heterocycles. The minimum absolute atomic E-state index is 0.685. The van der Waals surface area contributed by atoms with Gasteiger partial charge in [0, 0.05) is 10.8 Å². The lowest BCUT2D eigenvalue weighted by molar-refractivity contribution is 0.314. The molecule has 0 radical (unpaired) electrons. The van der Waals surface area contributed by atoms with Crippen LogP contribution in [0.2, 0.25) is 0 Å². The number of aryl methyl sites for hydroxylation is 1. The third-order valence-corrected chi connectivity index (χ3v) is 4.71. The Morgan fingerprint density at radius 3 is 2.87 bits per heavy atom. The van der Waals surface area contributed by atoms with Crippen molar-refractivity contribution in [1.82, 2.24) is 4.98 Å². The summed E-state index contributed by atoms with van der Waals surface area (Å²) < 4.78 is 0. The summed E-state index contributed by atoms with van der Waals surface area (Å²) in [6, 6.07) is 0. The third kappa shape index (κ3) is 2.33. The molecular formula is C12H20N2S. The fourth-order valence-electron chi connectivity index (χ4n) is 2.49. The molecule has 1 fully saturated rings. The van der Waals surface area contributed by atoms with Gasteiger partial charge in [0.25, 0.3) is 0 Å². The molecule has 0 amide bonds. The van der Waals surface area contributed by atoms with E-state index in [2.05, 4.69) is 18.8 Å². The monoisotopic (exact) mass is 224 g/mol. The molecule has 0 saturated heterocycles. The Kier molecular flexibility index (Phi) is 3.29. The second kappa shape index (κ2) is 4.52. The Bertz CT molecular complexity index is 313. The van der Waals surface area contributed by atoms with Gasteiger partial charge in [0.1, 0.15) is 5.82 Å². The van der Waals surface area contributed by atoms with Crippen molar-refractivity contribution < 1.29 is 0 Å². The zero-order chi connectivity index (χ0) is 10.8. The topological polar surface area (TPSA) is 38.9 Å². The first-order valence-electron chi connectivity index (χ1n) is 5.93. The Hall–Kier alpha value is -0.570. The van der Waals surface area contributed by atoms with Gasteiger partial charge in [-0.05, 0) is 25.7 Å². The predicted octanol–water partition coefficient (Wildman–Crippen LogP) is 3.72. The average Bonchev–Trinajstić information content (AvgIpc) is 2.59. The number of nitrogens with zero attached hydrogens (tertiary/aromatic N) is 1. The number of nitrogen functional groups attached to an aromatic ring is 1. The highest BCUT2D eigenvalue weighted by atomic mass is 32.1. The predicted molar refractivity (Wildman–Crippen MR) is 66.3 cm³/mol. The highest BCUT2D eigenvalue weighted by Crippen LogP contribution is 2.39. The lowest BCUT2D eigenvalue weighted by atomic mass is 9.80. The molecule has 1 saturated carbocycles. The normalized spacial score (nSPS) is 26.8. The van der Waals surface area contributed by atoms with Crippen LogP contribution in [0.5, 0.6) is 0 Å². The highest BCUT2D eigenvalue weighted by Gasteiger charge is 2.24. The molecular weight excluding hydrogens is 204 g/mol. The number of thiazole rings is 1. The van der Waals surface area contributed by atoms with Crippen LogP contribution < -0.4 is 5.73 Å². The Morgan fingerprint density at radius 2 is 2.27 bits per heavy atom. The molecule has 1 aliphatic carbocycles. The molecule has 1 heterocycles. The third-order valence-electron chi connectivity index (χ3n) is 3.56. The van der Waals surface area contributed by atoms with Crippen molar-refractivity contribution in [2.75, 3.05) is 5.73 Å². The highest BCUT2D eigenvalue weighted by molar-refractivity contribution is 7.12. The van der Waals surface area contributed by atoms with E-state index in [1.807, 2.05) is 0 Å². The van der Waals surface area contributed by atoms with Crippen LogP contribution in [-0.4, -0.2) is 4.98 Å². The smallest absolute Gasteiger partial charge is 0.137 e. The summed E-state index contributed by atoms with van der Waals surface area (Å²) in [6.07, 6.45) is 6.72. The second-order valence-corrected chi connectivity index (χ2v) is 5.87. The molecule has 15 heavy (non-hydrogen) atoms. The quantitative estimate of drug-likeness (QED) is 0.831. The Labute approximate surface area is 95.9 Å². The van der Waals surface area contributed by atoms with E-state index in [0.29, 0.717) is 5.92 Å². The summed E-state index contributed by atoms with van der Waals surface area (Å²) in [7, 11) is 0. The SMILES string of the molecule is CCC1CCCC(c2nc(N)c(C)s2)C1. The van der Waals surface area contributed by atoms with Crippen LogP contribution in [0.15, 0.2) is 0 Å². The van der Waals surface area contributed by atoms with Gasteiger partial charge in [-0.15, -0.1) is 11.3 Å². The fourth-order valence-corrected chi connectivity index (χ4v) is 3.48. The van der Waals surface area contributed by atoms with Gasteiger partial charge in [-0.1, -0.05) is 26.2 Å². The van der Waals surface area contributed by atoms with Gasteiger partial charge >= 0.3 is 0 Å². The summed E-state index contributed by atoms with van der Waals surface area (Å²) in [4.78, 5) is 5.68. The molecule has 2 N–H and O–H groups in total. The number of rotatable bonds is 2. The van der Waals surface area contributed by atoms with Crippen LogP contribution in [0.25, 0.3) is 0 Å². The van der Waals surface area contributed by atoms with Crippen molar-refractivity contribution in [3.8, 4) is 0 Å². The largest absolute Gasteiger partial charge is 0.383 e. The van der Waals surface area contributed by atoms with E-state index in [0.717, 1.165) is 11.7 Å². The number of aromatic nitrogens is 1. The van der Waals surface area contributed by atoms with Crippen molar-refractivity contribution in [3.63, 3.8) is 0 Å². The maximum Gasteiger partial charge on any atom is 0.137 e. The van der Waals surface area contributed by atoms with Crippen LogP contribution >= 0.6 is 11.3 Å². The summed E-state index contributed by atoms with van der Waals surface area (Å²) >= 11 is 1.80. The van der Waals surface area contributed by atoms with E-state index in [9.17, 15) is 0 Å². The maximum atomic E-state index is 5.81. The van der Waals surface area contributed by atoms with Gasteiger partial charge in [-0.3, -0.25) is 0 Å². The van der Waals surface area contributed by atoms with Crippen LogP contribution in [0.1, 0.15) is 54.8 Å².